The second kappa shape index (κ2) is 8.04. The van der Waals surface area contributed by atoms with Gasteiger partial charge in [0, 0.05) is 36.6 Å². The van der Waals surface area contributed by atoms with Gasteiger partial charge in [-0.15, -0.1) is 0 Å². The van der Waals surface area contributed by atoms with E-state index in [0.29, 0.717) is 31.1 Å². The number of nitrogens with one attached hydrogen (secondary N) is 1. The molecule has 0 spiro atoms. The van der Waals surface area contributed by atoms with Crippen molar-refractivity contribution < 1.29 is 9.59 Å². The van der Waals surface area contributed by atoms with Gasteiger partial charge in [-0.1, -0.05) is 29.8 Å². The van der Waals surface area contributed by atoms with Gasteiger partial charge in [-0.05, 0) is 30.2 Å². The summed E-state index contributed by atoms with van der Waals surface area (Å²) in [5.41, 5.74) is 0.617. The maximum Gasteiger partial charge on any atom is 0.251 e. The number of carbonyl (C=O) groups is 2. The van der Waals surface area contributed by atoms with Crippen LogP contribution in [0.5, 0.6) is 0 Å². The molecule has 0 bridgehead atoms. The van der Waals surface area contributed by atoms with Gasteiger partial charge < -0.3 is 10.2 Å². The van der Waals surface area contributed by atoms with Crippen LogP contribution in [0.15, 0.2) is 28.7 Å². The lowest BCUT2D eigenvalue weighted by atomic mass is 10.2. The number of carbonyl (C=O) groups excluding carboxylic acids is 2. The van der Waals surface area contributed by atoms with Crippen LogP contribution in [0, 0.1) is 5.92 Å². The summed E-state index contributed by atoms with van der Waals surface area (Å²) >= 11 is 3.33. The van der Waals surface area contributed by atoms with Gasteiger partial charge in [0.2, 0.25) is 5.91 Å². The van der Waals surface area contributed by atoms with E-state index in [-0.39, 0.29) is 11.8 Å². The molecule has 0 saturated heterocycles. The third kappa shape index (κ3) is 5.74. The van der Waals surface area contributed by atoms with Crippen molar-refractivity contribution in [1.82, 2.24) is 10.2 Å². The Bertz CT molecular complexity index is 457. The number of halogens is 1. The van der Waals surface area contributed by atoms with Crippen LogP contribution in [0.1, 0.15) is 31.1 Å². The van der Waals surface area contributed by atoms with Crippen LogP contribution in [0.25, 0.3) is 0 Å². The van der Waals surface area contributed by atoms with Crippen LogP contribution >= 0.6 is 15.9 Å². The maximum absolute atomic E-state index is 11.9. The van der Waals surface area contributed by atoms with Crippen LogP contribution in [-0.2, 0) is 4.79 Å². The van der Waals surface area contributed by atoms with Gasteiger partial charge in [0.15, 0.2) is 0 Å². The van der Waals surface area contributed by atoms with E-state index in [9.17, 15) is 9.59 Å². The van der Waals surface area contributed by atoms with E-state index < -0.39 is 0 Å². The van der Waals surface area contributed by atoms with Crippen LogP contribution in [-0.4, -0.2) is 36.3 Å². The van der Waals surface area contributed by atoms with Gasteiger partial charge in [-0.3, -0.25) is 9.59 Å². The van der Waals surface area contributed by atoms with E-state index in [2.05, 4.69) is 35.1 Å². The van der Waals surface area contributed by atoms with Gasteiger partial charge in [0.25, 0.3) is 5.91 Å². The zero-order valence-electron chi connectivity index (χ0n) is 12.1. The smallest absolute Gasteiger partial charge is 0.251 e. The van der Waals surface area contributed by atoms with Crippen molar-refractivity contribution in [2.75, 3.05) is 19.6 Å². The Hall–Kier alpha value is -1.36. The summed E-state index contributed by atoms with van der Waals surface area (Å²) in [7, 11) is 0. The van der Waals surface area contributed by atoms with E-state index in [4.69, 9.17) is 0 Å². The molecular weight excluding hydrogens is 320 g/mol. The Morgan fingerprint density at radius 3 is 2.35 bits per heavy atom. The highest BCUT2D eigenvalue weighted by Crippen LogP contribution is 2.10. The molecule has 0 aliphatic heterocycles. The molecule has 0 unspecified atom stereocenters. The third-order valence-electron chi connectivity index (χ3n) is 2.80. The topological polar surface area (TPSA) is 49.4 Å². The fourth-order valence-corrected chi connectivity index (χ4v) is 2.09. The molecule has 1 aromatic rings. The largest absolute Gasteiger partial charge is 0.350 e. The normalized spacial score (nSPS) is 10.4. The van der Waals surface area contributed by atoms with Gasteiger partial charge in [0.1, 0.15) is 0 Å². The number of amides is 2. The van der Waals surface area contributed by atoms with Crippen molar-refractivity contribution in [1.29, 1.82) is 0 Å². The molecule has 0 saturated carbocycles. The molecule has 0 aliphatic rings. The SMILES string of the molecule is CC(=O)N(CCNC(=O)c1ccc(Br)cc1)CC(C)C. The number of nitrogens with zero attached hydrogens (tertiary/aromatic N) is 1. The molecule has 0 aliphatic carbocycles. The molecule has 110 valence electrons. The molecule has 0 heterocycles. The van der Waals surface area contributed by atoms with E-state index in [1.165, 1.54) is 0 Å². The Morgan fingerprint density at radius 1 is 1.25 bits per heavy atom. The lowest BCUT2D eigenvalue weighted by Crippen LogP contribution is -2.39. The maximum atomic E-state index is 11.9. The fourth-order valence-electron chi connectivity index (χ4n) is 1.83. The van der Waals surface area contributed by atoms with Crippen LogP contribution in [0.3, 0.4) is 0 Å². The first kappa shape index (κ1) is 16.7. The van der Waals surface area contributed by atoms with Gasteiger partial charge in [-0.2, -0.15) is 0 Å². The molecule has 20 heavy (non-hydrogen) atoms. The monoisotopic (exact) mass is 340 g/mol. The molecule has 1 rings (SSSR count). The highest BCUT2D eigenvalue weighted by atomic mass is 79.9. The lowest BCUT2D eigenvalue weighted by Gasteiger charge is -2.23. The van der Waals surface area contributed by atoms with Crippen molar-refractivity contribution in [2.45, 2.75) is 20.8 Å². The molecule has 0 fully saturated rings. The molecule has 0 atom stereocenters. The van der Waals surface area contributed by atoms with E-state index in [0.717, 1.165) is 4.47 Å². The van der Waals surface area contributed by atoms with Crippen LogP contribution in [0.2, 0.25) is 0 Å². The van der Waals surface area contributed by atoms with Crippen molar-refractivity contribution in [3.8, 4) is 0 Å². The number of rotatable bonds is 6. The molecule has 4 nitrogen and oxygen atoms in total. The molecule has 0 aromatic heterocycles. The predicted octanol–water partition coefficient (Wildman–Crippen LogP) is 2.68. The van der Waals surface area contributed by atoms with Crippen LogP contribution < -0.4 is 5.32 Å². The summed E-state index contributed by atoms with van der Waals surface area (Å²) in [4.78, 5) is 25.1. The zero-order valence-corrected chi connectivity index (χ0v) is 13.7. The van der Waals surface area contributed by atoms with Gasteiger partial charge in [0.05, 0.1) is 0 Å². The fraction of sp³-hybridized carbons (Fsp3) is 0.467. The zero-order chi connectivity index (χ0) is 15.1. The summed E-state index contributed by atoms with van der Waals surface area (Å²) in [6.07, 6.45) is 0. The van der Waals surface area contributed by atoms with E-state index >= 15 is 0 Å². The summed E-state index contributed by atoms with van der Waals surface area (Å²) < 4.78 is 0.939. The molecule has 2 amide bonds. The van der Waals surface area contributed by atoms with Crippen molar-refractivity contribution in [3.63, 3.8) is 0 Å². The summed E-state index contributed by atoms with van der Waals surface area (Å²) in [6, 6.07) is 7.18. The Balaban J connectivity index is 2.44. The minimum atomic E-state index is -0.120. The number of hydrogen-bond acceptors (Lipinski definition) is 2. The first-order valence-electron chi connectivity index (χ1n) is 6.69. The Kier molecular flexibility index (Phi) is 6.71. The molecule has 0 radical (unpaired) electrons. The van der Waals surface area contributed by atoms with Gasteiger partial charge in [-0.25, -0.2) is 0 Å². The van der Waals surface area contributed by atoms with Crippen molar-refractivity contribution >= 4 is 27.7 Å². The van der Waals surface area contributed by atoms with Crippen molar-refractivity contribution in [2.24, 2.45) is 5.92 Å². The van der Waals surface area contributed by atoms with E-state index in [1.54, 1.807) is 24.0 Å². The minimum Gasteiger partial charge on any atom is -0.350 e. The standard InChI is InChI=1S/C15H21BrN2O2/c1-11(2)10-18(12(3)19)9-8-17-15(20)13-4-6-14(16)7-5-13/h4-7,11H,8-10H2,1-3H3,(H,17,20). The Labute approximate surface area is 128 Å². The van der Waals surface area contributed by atoms with Crippen molar-refractivity contribution in [3.05, 3.63) is 34.3 Å². The van der Waals surface area contributed by atoms with E-state index in [1.807, 2.05) is 12.1 Å². The third-order valence-corrected chi connectivity index (χ3v) is 3.33. The Morgan fingerprint density at radius 2 is 1.85 bits per heavy atom. The molecule has 1 N–H and O–H groups in total. The summed E-state index contributed by atoms with van der Waals surface area (Å²) in [6.45, 7) is 7.39. The average molecular weight is 341 g/mol. The molecule has 5 heteroatoms. The second-order valence-electron chi connectivity index (χ2n) is 5.12. The number of hydrogen-bond donors (Lipinski definition) is 1. The highest BCUT2D eigenvalue weighted by molar-refractivity contribution is 9.10. The quantitative estimate of drug-likeness (QED) is 0.865. The lowest BCUT2D eigenvalue weighted by molar-refractivity contribution is -0.129. The first-order valence-corrected chi connectivity index (χ1v) is 7.48. The van der Waals surface area contributed by atoms with Gasteiger partial charge >= 0.3 is 0 Å². The number of benzene rings is 1. The minimum absolute atomic E-state index is 0.0385. The first-order chi connectivity index (χ1) is 9.40. The second-order valence-corrected chi connectivity index (χ2v) is 6.04. The molecule has 1 aromatic carbocycles. The average Bonchev–Trinajstić information content (AvgIpc) is 2.37. The van der Waals surface area contributed by atoms with Crippen LogP contribution in [0.4, 0.5) is 0 Å². The summed E-state index contributed by atoms with van der Waals surface area (Å²) in [5, 5.41) is 2.83. The molecular formula is C15H21BrN2O2. The predicted molar refractivity (Wildman–Crippen MR) is 83.6 cm³/mol. The highest BCUT2D eigenvalue weighted by Gasteiger charge is 2.11. The summed E-state index contributed by atoms with van der Waals surface area (Å²) in [5.74, 6) is 0.336.